The first-order valence-electron chi connectivity index (χ1n) is 0.783. The third-order valence-electron chi connectivity index (χ3n) is 0. The second kappa shape index (κ2) is 14.3. The molecule has 0 amide bonds. The van der Waals surface area contributed by atoms with Crippen LogP contribution in [0.1, 0.15) is 5.71 Å². The Morgan fingerprint density at radius 2 is 1.11 bits per heavy atom. The first kappa shape index (κ1) is 29.3. The molecule has 0 fully saturated rings. The van der Waals surface area contributed by atoms with Gasteiger partial charge in [0, 0.05) is 0 Å². The van der Waals surface area contributed by atoms with E-state index in [4.69, 9.17) is 19.2 Å². The molecule has 0 spiro atoms. The number of rotatable bonds is 0. The Labute approximate surface area is 137 Å². The van der Waals surface area contributed by atoms with Crippen molar-refractivity contribution in [1.29, 1.82) is 0 Å². The monoisotopic (exact) mass is 222 g/mol. The molecule has 0 saturated heterocycles. The summed E-state index contributed by atoms with van der Waals surface area (Å²) in [6.45, 7) is 0. The zero-order valence-corrected chi connectivity index (χ0v) is 14.1. The maximum atomic E-state index is 8.88. The van der Waals surface area contributed by atoms with E-state index in [0.29, 0.717) is 0 Å². The summed E-state index contributed by atoms with van der Waals surface area (Å²) in [4.78, 5) is 21.6. The van der Waals surface area contributed by atoms with E-state index in [9.17, 15) is 0 Å². The molecule has 48 valence electrons. The fraction of sp³-hybridized carbons (Fsp3) is 0. The van der Waals surface area contributed by atoms with Gasteiger partial charge in [-0.05, 0) is 0 Å². The second-order valence-corrected chi connectivity index (χ2v) is 1.54. The van der Waals surface area contributed by atoms with Gasteiger partial charge in [-0.1, -0.05) is 0 Å². The molecule has 0 aliphatic heterocycles. The molecule has 0 bridgehead atoms. The average molecular weight is 222 g/mol. The summed E-state index contributed by atoms with van der Waals surface area (Å²) in [5, 5.41) is 0. The van der Waals surface area contributed by atoms with E-state index in [1.807, 2.05) is 0 Å². The molecule has 0 aromatic carbocycles. The van der Waals surface area contributed by atoms with Crippen molar-refractivity contribution in [2.75, 3.05) is 0 Å². The number of hydrogen-bond acceptors (Lipinski definition) is 1. The first-order valence-corrected chi connectivity index (χ1v) is 2.35. The minimum absolute atomic E-state index is 0. The van der Waals surface area contributed by atoms with Crippen molar-refractivity contribution in [2.45, 2.75) is 0 Å². The van der Waals surface area contributed by atoms with Gasteiger partial charge in [-0.2, -0.15) is 9.90 Å². The molecule has 9 heavy (non-hydrogen) atoms. The van der Waals surface area contributed by atoms with Crippen LogP contribution >= 0.6 is 17.7 Å². The molecule has 0 aliphatic rings. The zero-order chi connectivity index (χ0) is 4.50. The molecule has 3 N–H and O–H groups in total. The van der Waals surface area contributed by atoms with Crippen LogP contribution in [0.2, 0.25) is 0 Å². The maximum Gasteiger partial charge on any atom is 2.00 e. The second-order valence-electron chi connectivity index (χ2n) is 0.513. The normalized spacial score (nSPS) is 6.56. The molecule has 0 aliphatic carbocycles. The van der Waals surface area contributed by atoms with Gasteiger partial charge in [0.25, 0.3) is 0 Å². The third-order valence-corrected chi connectivity index (χ3v) is 0. The van der Waals surface area contributed by atoms with E-state index in [0.717, 1.165) is 0 Å². The van der Waals surface area contributed by atoms with Gasteiger partial charge >= 0.3 is 105 Å². The van der Waals surface area contributed by atoms with Gasteiger partial charge in [-0.25, -0.2) is 4.57 Å². The standard InChI is InChI=1S/Ca.2Na.H3O4P.H3P.4H/c;;;1-5(2,3)4;;;;;/h;;;(H3,1,2,3,4);1H3;;;;/q+2;2*+1;;;4*-1. The van der Waals surface area contributed by atoms with Crippen LogP contribution in [-0.4, -0.2) is 52.4 Å². The zero-order valence-electron chi connectivity index (χ0n) is 9.61. The van der Waals surface area contributed by atoms with Crippen LogP contribution in [0.5, 0.6) is 0 Å². The van der Waals surface area contributed by atoms with Crippen molar-refractivity contribution in [3.63, 3.8) is 0 Å². The largest absolute Gasteiger partial charge is 2.00 e. The van der Waals surface area contributed by atoms with Crippen LogP contribution in [-0.2, 0) is 4.57 Å². The molecule has 0 aromatic heterocycles. The van der Waals surface area contributed by atoms with Gasteiger partial charge < -0.3 is 20.4 Å². The maximum absolute atomic E-state index is 8.88. The first-order chi connectivity index (χ1) is 2.00. The summed E-state index contributed by atoms with van der Waals surface area (Å²) in [5.41, 5.74) is 0. The predicted molar refractivity (Wildman–Crippen MR) is 35.6 cm³/mol. The minimum Gasteiger partial charge on any atom is -1.00 e. The molecule has 1 unspecified atom stereocenters. The van der Waals surface area contributed by atoms with Crippen molar-refractivity contribution in [1.82, 2.24) is 0 Å². The third kappa shape index (κ3) is 78.5. The molecule has 0 saturated carbocycles. The van der Waals surface area contributed by atoms with E-state index < -0.39 is 7.82 Å². The van der Waals surface area contributed by atoms with Crippen LogP contribution in [0.3, 0.4) is 0 Å². The summed E-state index contributed by atoms with van der Waals surface area (Å²) < 4.78 is 8.88. The summed E-state index contributed by atoms with van der Waals surface area (Å²) >= 11 is 0. The van der Waals surface area contributed by atoms with Gasteiger partial charge in [0.1, 0.15) is 0 Å². The van der Waals surface area contributed by atoms with Crippen molar-refractivity contribution < 1.29 is 84.1 Å². The summed E-state index contributed by atoms with van der Waals surface area (Å²) in [6.07, 6.45) is 0. The van der Waals surface area contributed by atoms with Gasteiger partial charge in [0.2, 0.25) is 0 Å². The topological polar surface area (TPSA) is 77.8 Å². The van der Waals surface area contributed by atoms with Gasteiger partial charge in [0.15, 0.2) is 0 Å². The quantitative estimate of drug-likeness (QED) is 0.281. The molecule has 1 atom stereocenters. The van der Waals surface area contributed by atoms with Crippen LogP contribution in [0, 0.1) is 0 Å². The van der Waals surface area contributed by atoms with Crippen LogP contribution in [0.25, 0.3) is 0 Å². The predicted octanol–water partition coefficient (Wildman–Crippen LogP) is -6.79. The van der Waals surface area contributed by atoms with Gasteiger partial charge in [-0.15, -0.1) is 0 Å². The molecule has 0 rings (SSSR count). The molecule has 0 aromatic rings. The van der Waals surface area contributed by atoms with E-state index in [-0.39, 0.29) is 112 Å². The van der Waals surface area contributed by atoms with Crippen molar-refractivity contribution in [3.8, 4) is 0 Å². The van der Waals surface area contributed by atoms with Gasteiger partial charge in [-0.3, -0.25) is 0 Å². The Hall–Kier alpha value is 3.80. The average Bonchev–Trinajstić information content (AvgIpc) is 0.722. The van der Waals surface area contributed by atoms with Crippen LogP contribution < -0.4 is 59.1 Å². The van der Waals surface area contributed by atoms with Crippen LogP contribution in [0.4, 0.5) is 0 Å². The van der Waals surface area contributed by atoms with E-state index >= 15 is 0 Å². The molecular formula is H10CaNa2O4P2. The smallest absolute Gasteiger partial charge is 1.00 e. The van der Waals surface area contributed by atoms with Crippen molar-refractivity contribution in [2.24, 2.45) is 0 Å². The SMILES string of the molecule is O=P(O)(O)O.P.[Ca+2].[H-].[H-].[H-].[H-].[Na+].[Na+]. The Morgan fingerprint density at radius 1 is 1.11 bits per heavy atom. The molecule has 9 heteroatoms. The molecule has 0 heterocycles. The van der Waals surface area contributed by atoms with E-state index in [2.05, 4.69) is 0 Å². The molecular weight excluding hydrogens is 212 g/mol. The number of phosphoric acid groups is 1. The fourth-order valence-electron chi connectivity index (χ4n) is 0. The Kier molecular flexibility index (Phi) is 46.6. The fourth-order valence-corrected chi connectivity index (χ4v) is 0. The number of hydrogen-bond donors (Lipinski definition) is 3. The van der Waals surface area contributed by atoms with Crippen molar-refractivity contribution >= 4 is 55.5 Å². The molecule has 0 radical (unpaired) electrons. The van der Waals surface area contributed by atoms with Crippen molar-refractivity contribution in [3.05, 3.63) is 0 Å². The van der Waals surface area contributed by atoms with E-state index in [1.54, 1.807) is 0 Å². The Balaban J connectivity index is -0.00000000286. The van der Waals surface area contributed by atoms with E-state index in [1.165, 1.54) is 0 Å². The Morgan fingerprint density at radius 3 is 1.11 bits per heavy atom. The molecule has 4 nitrogen and oxygen atoms in total. The minimum atomic E-state index is -4.64. The summed E-state index contributed by atoms with van der Waals surface area (Å²) in [6, 6.07) is 0. The van der Waals surface area contributed by atoms with Crippen LogP contribution in [0.15, 0.2) is 0 Å². The Bertz CT molecular complexity index is 74.3. The summed E-state index contributed by atoms with van der Waals surface area (Å²) in [5.74, 6) is 0. The van der Waals surface area contributed by atoms with Gasteiger partial charge in [0.05, 0.1) is 0 Å². The summed E-state index contributed by atoms with van der Waals surface area (Å²) in [7, 11) is -4.64.